The summed E-state index contributed by atoms with van der Waals surface area (Å²) in [6.45, 7) is 20.5. The molecule has 440 valence electrons. The van der Waals surface area contributed by atoms with Crippen molar-refractivity contribution in [2.45, 2.75) is 220 Å². The van der Waals surface area contributed by atoms with Crippen molar-refractivity contribution in [1.82, 2.24) is 58.5 Å². The summed E-state index contributed by atoms with van der Waals surface area (Å²) in [6.07, 6.45) is 1.09. The van der Waals surface area contributed by atoms with Crippen molar-refractivity contribution in [2.24, 2.45) is 0 Å². The highest BCUT2D eigenvalue weighted by Crippen LogP contribution is 2.13. The Morgan fingerprint density at radius 1 is 0.429 bits per heavy atom. The number of amides is 11. The van der Waals surface area contributed by atoms with Crippen molar-refractivity contribution in [3.05, 3.63) is 0 Å². The van der Waals surface area contributed by atoms with Gasteiger partial charge in [0, 0.05) is 45.3 Å². The molecule has 1 heterocycles. The molecule has 0 radical (unpaired) electrons. The SMILES string of the molecule is CC(=O)NCSCCC(=O)NCCCC[C@H]1NC(=O)[C@H](CCCCNC(=O)OC(C)(C)C)NC(=O)[C@@H](C)NC(=O)[C@H](CCCCNC(=O)OC(C)(C)C)NC(=O)[C@@H](C)NC(=O)[C@H](CCCCNC(=O)OC(C)(C)C)NC1=O. The van der Waals surface area contributed by atoms with Gasteiger partial charge in [-0.3, -0.25) is 38.4 Å². The first-order chi connectivity index (χ1) is 35.8. The van der Waals surface area contributed by atoms with E-state index in [1.165, 1.54) is 32.5 Å². The van der Waals surface area contributed by atoms with Crippen LogP contribution in [0.3, 0.4) is 0 Å². The summed E-state index contributed by atoms with van der Waals surface area (Å²) in [7, 11) is 0. The van der Waals surface area contributed by atoms with E-state index in [-0.39, 0.29) is 82.9 Å². The Balaban J connectivity index is 3.56. The van der Waals surface area contributed by atoms with Gasteiger partial charge in [0.1, 0.15) is 53.1 Å². The molecule has 0 aromatic heterocycles. The van der Waals surface area contributed by atoms with Crippen LogP contribution >= 0.6 is 11.8 Å². The Morgan fingerprint density at radius 2 is 0.714 bits per heavy atom. The highest BCUT2D eigenvalue weighted by Gasteiger charge is 2.33. The molecule has 25 nitrogen and oxygen atoms in total. The van der Waals surface area contributed by atoms with E-state index in [2.05, 4.69) is 58.5 Å². The van der Waals surface area contributed by atoms with Gasteiger partial charge in [-0.1, -0.05) is 0 Å². The standard InChI is InChI=1S/C51H91N11O14S/c1-32-40(65)59-35(21-14-18-27-53-46(71)74-49(4,5)6)42(67)57-33(2)41(66)60-37(23-16-20-29-55-48(73)76-51(10,11)12)44(69)62-38(24-13-17-26-52-39(64)25-30-77-31-56-34(3)63)45(70)61-36(43(68)58-32)22-15-19-28-54-47(72)75-50(7,8)9/h32-33,35-38H,13-31H2,1-12H3,(H,52,64)(H,53,71)(H,54,72)(H,55,73)(H,56,63)(H,57,67)(H,58,68)(H,59,65)(H,60,66)(H,61,70)(H,62,69)/t32-,33-,35+,36+,37+,38-/m1/s1. The molecule has 1 aliphatic rings. The second-order valence-electron chi connectivity index (χ2n) is 21.9. The molecule has 11 amide bonds. The lowest BCUT2D eigenvalue weighted by Gasteiger charge is -2.28. The first kappa shape index (κ1) is 68.9. The first-order valence-corrected chi connectivity index (χ1v) is 27.8. The van der Waals surface area contributed by atoms with Gasteiger partial charge < -0.3 is 72.7 Å². The third-order valence-corrected chi connectivity index (χ3v) is 11.8. The van der Waals surface area contributed by atoms with Crippen LogP contribution < -0.4 is 58.5 Å². The van der Waals surface area contributed by atoms with E-state index in [0.717, 1.165) is 0 Å². The van der Waals surface area contributed by atoms with Crippen molar-refractivity contribution in [3.63, 3.8) is 0 Å². The maximum atomic E-state index is 14.4. The number of carbonyl (C=O) groups excluding carboxylic acids is 11. The van der Waals surface area contributed by atoms with Gasteiger partial charge in [0.05, 0.1) is 5.88 Å². The van der Waals surface area contributed by atoms with Crippen LogP contribution in [0.15, 0.2) is 0 Å². The third-order valence-electron chi connectivity index (χ3n) is 10.9. The number of unbranched alkanes of at least 4 members (excludes halogenated alkanes) is 4. The molecule has 1 fully saturated rings. The average molecular weight is 1110 g/mol. The van der Waals surface area contributed by atoms with Gasteiger partial charge in [0.2, 0.25) is 47.3 Å². The second-order valence-corrected chi connectivity index (χ2v) is 23.0. The van der Waals surface area contributed by atoms with Gasteiger partial charge in [-0.2, -0.15) is 0 Å². The molecule has 0 aliphatic carbocycles. The summed E-state index contributed by atoms with van der Waals surface area (Å²) in [5.74, 6) is -4.06. The highest BCUT2D eigenvalue weighted by molar-refractivity contribution is 7.99. The van der Waals surface area contributed by atoms with Crippen molar-refractivity contribution in [1.29, 1.82) is 0 Å². The van der Waals surface area contributed by atoms with E-state index in [4.69, 9.17) is 14.2 Å². The molecular formula is C51H91N11O14S. The molecule has 0 spiro atoms. The molecule has 0 saturated carbocycles. The van der Waals surface area contributed by atoms with Gasteiger partial charge in [-0.15, -0.1) is 11.8 Å². The van der Waals surface area contributed by atoms with E-state index < -0.39 is 107 Å². The first-order valence-electron chi connectivity index (χ1n) is 26.7. The van der Waals surface area contributed by atoms with Gasteiger partial charge in [-0.25, -0.2) is 14.4 Å². The lowest BCUT2D eigenvalue weighted by molar-refractivity contribution is -0.136. The van der Waals surface area contributed by atoms with Crippen LogP contribution in [-0.4, -0.2) is 156 Å². The quantitative estimate of drug-likeness (QED) is 0.0356. The fourth-order valence-corrected chi connectivity index (χ4v) is 7.87. The second kappa shape index (κ2) is 35.4. The molecule has 77 heavy (non-hydrogen) atoms. The van der Waals surface area contributed by atoms with Crippen molar-refractivity contribution in [3.8, 4) is 0 Å². The molecular weight excluding hydrogens is 1020 g/mol. The van der Waals surface area contributed by atoms with Crippen LogP contribution in [0.2, 0.25) is 0 Å². The molecule has 26 heteroatoms. The topological polar surface area (TPSA) is 348 Å². The molecule has 0 aromatic rings. The zero-order chi connectivity index (χ0) is 58.4. The molecule has 0 unspecified atom stereocenters. The van der Waals surface area contributed by atoms with Gasteiger partial charge in [0.15, 0.2) is 0 Å². The Kier molecular flexibility index (Phi) is 31.7. The summed E-state index contributed by atoms with van der Waals surface area (Å²) in [5, 5.41) is 29.6. The largest absolute Gasteiger partial charge is 0.444 e. The number of thioether (sulfide) groups is 1. The van der Waals surface area contributed by atoms with Crippen LogP contribution in [-0.2, 0) is 52.6 Å². The summed E-state index contributed by atoms with van der Waals surface area (Å²) < 4.78 is 15.9. The minimum absolute atomic E-state index is 0.0218. The van der Waals surface area contributed by atoms with Crippen molar-refractivity contribution in [2.75, 3.05) is 37.8 Å². The molecule has 1 saturated heterocycles. The zero-order valence-electron chi connectivity index (χ0n) is 47.5. The Bertz CT molecular complexity index is 1920. The molecule has 0 bridgehead atoms. The minimum atomic E-state index is -1.28. The minimum Gasteiger partial charge on any atom is -0.444 e. The lowest BCUT2D eigenvalue weighted by Crippen LogP contribution is -2.60. The highest BCUT2D eigenvalue weighted by atomic mass is 32.2. The van der Waals surface area contributed by atoms with Crippen molar-refractivity contribution >= 4 is 77.3 Å². The number of nitrogens with one attached hydrogen (secondary N) is 11. The number of hydrogen-bond acceptors (Lipinski definition) is 15. The Morgan fingerprint density at radius 3 is 1.01 bits per heavy atom. The summed E-state index contributed by atoms with van der Waals surface area (Å²) >= 11 is 1.39. The Hall–Kier alpha value is -6.08. The summed E-state index contributed by atoms with van der Waals surface area (Å²) in [5.41, 5.74) is -2.19. The van der Waals surface area contributed by atoms with E-state index >= 15 is 0 Å². The number of rotatable bonds is 25. The fourth-order valence-electron chi connectivity index (χ4n) is 7.09. The maximum absolute atomic E-state index is 14.4. The van der Waals surface area contributed by atoms with Crippen LogP contribution in [0.25, 0.3) is 0 Å². The van der Waals surface area contributed by atoms with Crippen molar-refractivity contribution < 1.29 is 67.0 Å². The van der Waals surface area contributed by atoms with Crippen LogP contribution in [0.1, 0.15) is 167 Å². The maximum Gasteiger partial charge on any atom is 0.407 e. The average Bonchev–Trinajstić information content (AvgIpc) is 3.29. The van der Waals surface area contributed by atoms with E-state index in [0.29, 0.717) is 50.2 Å². The smallest absolute Gasteiger partial charge is 0.407 e. The van der Waals surface area contributed by atoms with Crippen LogP contribution in [0, 0.1) is 0 Å². The summed E-state index contributed by atoms with van der Waals surface area (Å²) in [4.78, 5) is 145. The number of ether oxygens (including phenoxy) is 3. The monoisotopic (exact) mass is 1110 g/mol. The molecule has 11 N–H and O–H groups in total. The fraction of sp³-hybridized carbons (Fsp3) is 0.784. The van der Waals surface area contributed by atoms with Crippen LogP contribution in [0.4, 0.5) is 14.4 Å². The van der Waals surface area contributed by atoms with Gasteiger partial charge in [0.25, 0.3) is 0 Å². The number of carbonyl (C=O) groups is 11. The molecule has 0 aromatic carbocycles. The van der Waals surface area contributed by atoms with E-state index in [1.807, 2.05) is 0 Å². The number of alkyl carbamates (subject to hydrolysis) is 3. The van der Waals surface area contributed by atoms with Crippen LogP contribution in [0.5, 0.6) is 0 Å². The third kappa shape index (κ3) is 34.3. The normalized spacial score (nSPS) is 20.2. The number of hydrogen-bond donors (Lipinski definition) is 11. The predicted octanol–water partition coefficient (Wildman–Crippen LogP) is 2.54. The summed E-state index contributed by atoms with van der Waals surface area (Å²) in [6, 6.07) is -7.55. The van der Waals surface area contributed by atoms with E-state index in [1.54, 1.807) is 62.3 Å². The van der Waals surface area contributed by atoms with Gasteiger partial charge >= 0.3 is 18.3 Å². The zero-order valence-corrected chi connectivity index (χ0v) is 48.3. The molecule has 1 aliphatic heterocycles. The molecule has 6 atom stereocenters. The Labute approximate surface area is 458 Å². The predicted molar refractivity (Wildman–Crippen MR) is 290 cm³/mol. The molecule has 1 rings (SSSR count). The van der Waals surface area contributed by atoms with E-state index in [9.17, 15) is 52.7 Å². The lowest BCUT2D eigenvalue weighted by atomic mass is 10.0. The van der Waals surface area contributed by atoms with Gasteiger partial charge in [-0.05, 0) is 153 Å².